The fraction of sp³-hybridized carbons (Fsp3) is 0.500. The fourth-order valence-corrected chi connectivity index (χ4v) is 4.35. The number of halogens is 1. The zero-order valence-electron chi connectivity index (χ0n) is 21.3. The molecule has 3 N–H and O–H groups in total. The van der Waals surface area contributed by atoms with Crippen molar-refractivity contribution in [1.29, 1.82) is 0 Å². The molecule has 2 amide bonds. The van der Waals surface area contributed by atoms with Crippen LogP contribution >= 0.6 is 11.8 Å². The summed E-state index contributed by atoms with van der Waals surface area (Å²) in [6.45, 7) is 11.1. The third kappa shape index (κ3) is 8.81. The number of hydrazine groups is 1. The predicted molar refractivity (Wildman–Crippen MR) is 141 cm³/mol. The Hall–Kier alpha value is -2.65. The second-order valence-electron chi connectivity index (χ2n) is 9.07. The highest BCUT2D eigenvalue weighted by atomic mass is 32.2. The van der Waals surface area contributed by atoms with Gasteiger partial charge in [-0.2, -0.15) is 4.99 Å². The normalized spacial score (nSPS) is 13.5. The molecule has 7 nitrogen and oxygen atoms in total. The van der Waals surface area contributed by atoms with Crippen molar-refractivity contribution >= 4 is 28.7 Å². The van der Waals surface area contributed by atoms with Crippen molar-refractivity contribution in [2.45, 2.75) is 53.5 Å². The van der Waals surface area contributed by atoms with Crippen LogP contribution in [-0.4, -0.2) is 50.7 Å². The molecule has 0 bridgehead atoms. The van der Waals surface area contributed by atoms with Crippen LogP contribution in [0, 0.1) is 17.7 Å². The maximum atomic E-state index is 13.3. The van der Waals surface area contributed by atoms with E-state index >= 15 is 0 Å². The van der Waals surface area contributed by atoms with Gasteiger partial charge in [0.1, 0.15) is 11.5 Å². The summed E-state index contributed by atoms with van der Waals surface area (Å²) < 4.78 is 13.3. The average molecular weight is 504 g/mol. The Kier molecular flexibility index (Phi) is 11.5. The molecule has 1 aromatic heterocycles. The summed E-state index contributed by atoms with van der Waals surface area (Å²) in [7, 11) is 0. The lowest BCUT2D eigenvalue weighted by Gasteiger charge is -2.27. The van der Waals surface area contributed by atoms with E-state index in [0.29, 0.717) is 48.5 Å². The number of H-pyrrole nitrogens is 1. The minimum atomic E-state index is -0.313. The Labute approximate surface area is 212 Å². The standard InChI is InChI=1S/C26H38FN5O2S/c1-6-35-26(32(28)20(5)21-11-13-22(27)14-12-21)30-24(33)19(4)9-8-16-31(17-18(2)3)25(34)23-10-7-15-29-23/h7,10-15,18-20,29H,6,8-9,16-17,28H2,1-5H3/t19?,20-/m0/s1. The number of carbonyl (C=O) groups excluding carboxylic acids is 2. The Morgan fingerprint density at radius 3 is 2.40 bits per heavy atom. The van der Waals surface area contributed by atoms with Gasteiger partial charge in [-0.15, -0.1) is 0 Å². The number of amidine groups is 1. The summed E-state index contributed by atoms with van der Waals surface area (Å²) in [6, 6.07) is 9.43. The van der Waals surface area contributed by atoms with Gasteiger partial charge in [-0.1, -0.05) is 51.6 Å². The summed E-state index contributed by atoms with van der Waals surface area (Å²) in [5.41, 5.74) is 1.40. The van der Waals surface area contributed by atoms with Crippen LogP contribution in [0.2, 0.25) is 0 Å². The van der Waals surface area contributed by atoms with E-state index in [1.807, 2.05) is 31.7 Å². The highest BCUT2D eigenvalue weighted by molar-refractivity contribution is 8.13. The lowest BCUT2D eigenvalue weighted by atomic mass is 10.0. The molecule has 1 heterocycles. The van der Waals surface area contributed by atoms with Gasteiger partial charge in [-0.05, 0) is 61.3 Å². The van der Waals surface area contributed by atoms with Crippen LogP contribution in [0.3, 0.4) is 0 Å². The van der Waals surface area contributed by atoms with Crippen LogP contribution < -0.4 is 5.84 Å². The van der Waals surface area contributed by atoms with Crippen LogP contribution in [0.25, 0.3) is 0 Å². The first-order valence-corrected chi connectivity index (χ1v) is 13.1. The number of rotatable bonds is 11. The van der Waals surface area contributed by atoms with Crippen LogP contribution in [0.15, 0.2) is 47.6 Å². The Morgan fingerprint density at radius 1 is 1.14 bits per heavy atom. The topological polar surface area (TPSA) is 94.8 Å². The largest absolute Gasteiger partial charge is 0.357 e. The van der Waals surface area contributed by atoms with E-state index in [9.17, 15) is 14.0 Å². The van der Waals surface area contributed by atoms with Crippen molar-refractivity contribution in [3.8, 4) is 0 Å². The molecule has 2 aromatic rings. The monoisotopic (exact) mass is 503 g/mol. The number of aliphatic imine (C=N–C) groups is 1. The summed E-state index contributed by atoms with van der Waals surface area (Å²) in [4.78, 5) is 34.8. The highest BCUT2D eigenvalue weighted by Crippen LogP contribution is 2.22. The molecule has 0 aliphatic heterocycles. The first-order valence-electron chi connectivity index (χ1n) is 12.1. The quantitative estimate of drug-likeness (QED) is 0.189. The van der Waals surface area contributed by atoms with Gasteiger partial charge in [0.05, 0.1) is 6.04 Å². The number of nitrogens with two attached hydrogens (primary N) is 1. The molecule has 1 unspecified atom stereocenters. The van der Waals surface area contributed by atoms with E-state index < -0.39 is 0 Å². The van der Waals surface area contributed by atoms with Gasteiger partial charge in [-0.3, -0.25) is 14.6 Å². The molecule has 35 heavy (non-hydrogen) atoms. The maximum absolute atomic E-state index is 13.3. The molecule has 2 atom stereocenters. The van der Waals surface area contributed by atoms with Crippen molar-refractivity contribution in [2.75, 3.05) is 18.8 Å². The molecule has 1 aromatic carbocycles. The number of benzene rings is 1. The second kappa shape index (κ2) is 14.0. The smallest absolute Gasteiger partial charge is 0.270 e. The minimum Gasteiger partial charge on any atom is -0.357 e. The lowest BCUT2D eigenvalue weighted by Crippen LogP contribution is -2.39. The van der Waals surface area contributed by atoms with Crippen LogP contribution in [0.1, 0.15) is 69.6 Å². The SMILES string of the molecule is CCSC(=NC(=O)C(C)CCCN(CC(C)C)C(=O)c1ccc[nH]1)N(N)[C@@H](C)c1ccc(F)cc1. The van der Waals surface area contributed by atoms with Gasteiger partial charge < -0.3 is 9.88 Å². The molecule has 0 saturated heterocycles. The first-order chi connectivity index (χ1) is 16.6. The van der Waals surface area contributed by atoms with Gasteiger partial charge in [0.25, 0.3) is 11.8 Å². The maximum Gasteiger partial charge on any atom is 0.270 e. The van der Waals surface area contributed by atoms with E-state index in [0.717, 1.165) is 5.56 Å². The molecule has 2 rings (SSSR count). The van der Waals surface area contributed by atoms with Crippen molar-refractivity contribution in [3.05, 3.63) is 59.7 Å². The summed E-state index contributed by atoms with van der Waals surface area (Å²) in [5.74, 6) is 6.47. The third-order valence-corrected chi connectivity index (χ3v) is 6.51. The number of hydrogen-bond acceptors (Lipinski definition) is 4. The number of nitrogens with one attached hydrogen (secondary N) is 1. The summed E-state index contributed by atoms with van der Waals surface area (Å²) in [5, 5.41) is 1.90. The van der Waals surface area contributed by atoms with E-state index in [2.05, 4.69) is 23.8 Å². The predicted octanol–water partition coefficient (Wildman–Crippen LogP) is 5.24. The van der Waals surface area contributed by atoms with Gasteiger partial charge in [0, 0.05) is 25.2 Å². The van der Waals surface area contributed by atoms with Crippen molar-refractivity contribution < 1.29 is 14.0 Å². The molecule has 0 fully saturated rings. The Bertz CT molecular complexity index is 963. The molecule has 0 aliphatic carbocycles. The van der Waals surface area contributed by atoms with Crippen LogP contribution in [-0.2, 0) is 4.79 Å². The van der Waals surface area contributed by atoms with Crippen LogP contribution in [0.5, 0.6) is 0 Å². The number of carbonyl (C=O) groups is 2. The second-order valence-corrected chi connectivity index (χ2v) is 10.3. The van der Waals surface area contributed by atoms with Gasteiger partial charge in [-0.25, -0.2) is 10.2 Å². The number of hydrogen-bond donors (Lipinski definition) is 2. The van der Waals surface area contributed by atoms with Crippen molar-refractivity contribution in [1.82, 2.24) is 14.9 Å². The van der Waals surface area contributed by atoms with E-state index in [1.54, 1.807) is 24.4 Å². The van der Waals surface area contributed by atoms with Crippen LogP contribution in [0.4, 0.5) is 4.39 Å². The zero-order valence-corrected chi connectivity index (χ0v) is 22.1. The van der Waals surface area contributed by atoms with Crippen molar-refractivity contribution in [3.63, 3.8) is 0 Å². The Balaban J connectivity index is 2.00. The lowest BCUT2D eigenvalue weighted by molar-refractivity contribution is -0.121. The molecule has 0 aliphatic rings. The molecule has 0 radical (unpaired) electrons. The molecule has 0 spiro atoms. The molecular weight excluding hydrogens is 465 g/mol. The van der Waals surface area contributed by atoms with Crippen molar-refractivity contribution in [2.24, 2.45) is 22.7 Å². The number of amides is 2. The van der Waals surface area contributed by atoms with Gasteiger partial charge in [0.2, 0.25) is 0 Å². The molecular formula is C26H38FN5O2S. The number of nitrogens with zero attached hydrogens (tertiary/aromatic N) is 3. The van der Waals surface area contributed by atoms with E-state index in [4.69, 9.17) is 5.84 Å². The fourth-order valence-electron chi connectivity index (χ4n) is 3.63. The number of aromatic amines is 1. The molecule has 0 saturated carbocycles. The zero-order chi connectivity index (χ0) is 26.0. The minimum absolute atomic E-state index is 0.0316. The molecule has 9 heteroatoms. The van der Waals surface area contributed by atoms with E-state index in [-0.39, 0.29) is 29.6 Å². The molecule has 192 valence electrons. The summed E-state index contributed by atoms with van der Waals surface area (Å²) >= 11 is 1.39. The Morgan fingerprint density at radius 2 is 1.83 bits per heavy atom. The summed E-state index contributed by atoms with van der Waals surface area (Å²) in [6.07, 6.45) is 3.04. The third-order valence-electron chi connectivity index (χ3n) is 5.66. The highest BCUT2D eigenvalue weighted by Gasteiger charge is 2.22. The van der Waals surface area contributed by atoms with Gasteiger partial charge in [0.15, 0.2) is 5.17 Å². The first kappa shape index (κ1) is 28.6. The van der Waals surface area contributed by atoms with Gasteiger partial charge >= 0.3 is 0 Å². The van der Waals surface area contributed by atoms with E-state index in [1.165, 1.54) is 28.9 Å². The number of thioether (sulfide) groups is 1. The average Bonchev–Trinajstić information content (AvgIpc) is 3.37. The number of aromatic nitrogens is 1.